The van der Waals surface area contributed by atoms with Crippen LogP contribution in [-0.4, -0.2) is 13.5 Å². The average molecular weight is 316 g/mol. The van der Waals surface area contributed by atoms with Gasteiger partial charge in [0.1, 0.15) is 6.71 Å². The van der Waals surface area contributed by atoms with Gasteiger partial charge in [-0.25, -0.2) is 0 Å². The van der Waals surface area contributed by atoms with Crippen molar-refractivity contribution in [3.05, 3.63) is 23.8 Å². The highest BCUT2D eigenvalue weighted by Gasteiger charge is 2.30. The standard InChI is InChI=1S/C20H33BO2/c1-14(2)16(5)21(17(6)15(3)4)11-7-8-18-9-10-19-20(12-18)23-13-22-19/h9-10,12,14-17H,7-8,11,13H2,1-6H3. The first-order valence-corrected chi connectivity index (χ1v) is 9.28. The maximum atomic E-state index is 5.48. The molecule has 1 aromatic rings. The number of rotatable bonds is 8. The van der Waals surface area contributed by atoms with Crippen LogP contribution in [0.3, 0.4) is 0 Å². The second kappa shape index (κ2) is 8.12. The van der Waals surface area contributed by atoms with Gasteiger partial charge >= 0.3 is 0 Å². The predicted octanol–water partition coefficient (Wildman–Crippen LogP) is 5.93. The van der Waals surface area contributed by atoms with Crippen LogP contribution in [0.25, 0.3) is 0 Å². The zero-order valence-corrected chi connectivity index (χ0v) is 15.8. The predicted molar refractivity (Wildman–Crippen MR) is 100.0 cm³/mol. The van der Waals surface area contributed by atoms with Crippen LogP contribution in [0.5, 0.6) is 11.5 Å². The number of fused-ring (bicyclic) bond motifs is 1. The Kier molecular flexibility index (Phi) is 6.44. The minimum Gasteiger partial charge on any atom is -0.454 e. The lowest BCUT2D eigenvalue weighted by Gasteiger charge is -2.31. The molecule has 0 spiro atoms. The van der Waals surface area contributed by atoms with Crippen molar-refractivity contribution in [1.29, 1.82) is 0 Å². The van der Waals surface area contributed by atoms with Crippen LogP contribution in [0.2, 0.25) is 18.0 Å². The zero-order chi connectivity index (χ0) is 17.0. The van der Waals surface area contributed by atoms with Crippen LogP contribution < -0.4 is 9.47 Å². The van der Waals surface area contributed by atoms with Crippen LogP contribution >= 0.6 is 0 Å². The molecule has 2 unspecified atom stereocenters. The Bertz CT molecular complexity index is 484. The third-order valence-electron chi connectivity index (χ3n) is 5.89. The van der Waals surface area contributed by atoms with Gasteiger partial charge in [0.15, 0.2) is 11.5 Å². The molecule has 0 aromatic heterocycles. The van der Waals surface area contributed by atoms with Crippen LogP contribution in [-0.2, 0) is 6.42 Å². The molecular formula is C20H33BO2. The summed E-state index contributed by atoms with van der Waals surface area (Å²) in [5.41, 5.74) is 1.36. The lowest BCUT2D eigenvalue weighted by molar-refractivity contribution is 0.174. The molecule has 1 aliphatic heterocycles. The number of hydrogen-bond donors (Lipinski definition) is 0. The van der Waals surface area contributed by atoms with Gasteiger partial charge < -0.3 is 9.47 Å². The molecule has 0 saturated carbocycles. The normalized spacial score (nSPS) is 16.0. The van der Waals surface area contributed by atoms with E-state index in [1.54, 1.807) is 0 Å². The Morgan fingerprint density at radius 3 is 2.13 bits per heavy atom. The van der Waals surface area contributed by atoms with E-state index in [2.05, 4.69) is 53.7 Å². The van der Waals surface area contributed by atoms with Crippen LogP contribution in [0, 0.1) is 11.8 Å². The van der Waals surface area contributed by atoms with Crippen LogP contribution in [0.1, 0.15) is 53.5 Å². The maximum Gasteiger partial charge on any atom is 0.231 e. The first-order chi connectivity index (χ1) is 10.9. The van der Waals surface area contributed by atoms with Crippen molar-refractivity contribution in [3.8, 4) is 11.5 Å². The minimum absolute atomic E-state index is 0.360. The van der Waals surface area contributed by atoms with Gasteiger partial charge in [-0.05, 0) is 24.1 Å². The second-order valence-electron chi connectivity index (χ2n) is 7.95. The Morgan fingerprint density at radius 1 is 0.913 bits per heavy atom. The SMILES string of the molecule is CC(C)C(C)B(CCCc1ccc2c(c1)OCO2)C(C)C(C)C. The van der Waals surface area contributed by atoms with Crippen molar-refractivity contribution in [2.24, 2.45) is 11.8 Å². The quantitative estimate of drug-likeness (QED) is 0.553. The fourth-order valence-corrected chi connectivity index (χ4v) is 3.63. The van der Waals surface area contributed by atoms with Gasteiger partial charge in [-0.3, -0.25) is 0 Å². The van der Waals surface area contributed by atoms with Gasteiger partial charge in [0.25, 0.3) is 0 Å². The molecule has 23 heavy (non-hydrogen) atoms. The van der Waals surface area contributed by atoms with Crippen molar-refractivity contribution >= 4 is 6.71 Å². The number of hydrogen-bond acceptors (Lipinski definition) is 2. The van der Waals surface area contributed by atoms with E-state index in [0.29, 0.717) is 6.79 Å². The summed E-state index contributed by atoms with van der Waals surface area (Å²) in [5, 5.41) is 0. The van der Waals surface area contributed by atoms with Crippen molar-refractivity contribution in [1.82, 2.24) is 0 Å². The fourth-order valence-electron chi connectivity index (χ4n) is 3.63. The number of aryl methyl sites for hydroxylation is 1. The fraction of sp³-hybridized carbons (Fsp3) is 0.700. The van der Waals surface area contributed by atoms with Gasteiger partial charge in [-0.2, -0.15) is 0 Å². The molecule has 3 heteroatoms. The van der Waals surface area contributed by atoms with Gasteiger partial charge in [-0.15, -0.1) is 0 Å². The van der Waals surface area contributed by atoms with E-state index < -0.39 is 0 Å². The molecule has 1 heterocycles. The highest BCUT2D eigenvalue weighted by molar-refractivity contribution is 6.62. The van der Waals surface area contributed by atoms with E-state index in [1.165, 1.54) is 18.3 Å². The maximum absolute atomic E-state index is 5.48. The lowest BCUT2D eigenvalue weighted by atomic mass is 9.29. The van der Waals surface area contributed by atoms with E-state index in [0.717, 1.165) is 48.1 Å². The number of ether oxygens (including phenoxy) is 2. The monoisotopic (exact) mass is 316 g/mol. The second-order valence-corrected chi connectivity index (χ2v) is 7.95. The molecule has 2 nitrogen and oxygen atoms in total. The van der Waals surface area contributed by atoms with E-state index in [4.69, 9.17) is 9.47 Å². The van der Waals surface area contributed by atoms with Crippen molar-refractivity contribution in [2.45, 2.75) is 72.3 Å². The molecule has 0 N–H and O–H groups in total. The van der Waals surface area contributed by atoms with Gasteiger partial charge in [0.05, 0.1) is 0 Å². The largest absolute Gasteiger partial charge is 0.454 e. The Hall–Kier alpha value is -1.12. The first-order valence-electron chi connectivity index (χ1n) is 9.28. The van der Waals surface area contributed by atoms with Gasteiger partial charge in [0.2, 0.25) is 6.79 Å². The lowest BCUT2D eigenvalue weighted by Crippen LogP contribution is -2.29. The molecule has 128 valence electrons. The third-order valence-corrected chi connectivity index (χ3v) is 5.89. The highest BCUT2D eigenvalue weighted by atomic mass is 16.7. The Morgan fingerprint density at radius 2 is 1.52 bits per heavy atom. The average Bonchev–Trinajstić information content (AvgIpc) is 2.97. The van der Waals surface area contributed by atoms with Gasteiger partial charge in [0, 0.05) is 0 Å². The first kappa shape index (κ1) is 18.2. The Balaban J connectivity index is 1.93. The summed E-state index contributed by atoms with van der Waals surface area (Å²) in [5.74, 6) is 4.87. The van der Waals surface area contributed by atoms with E-state index in [9.17, 15) is 0 Å². The molecule has 0 fully saturated rings. The molecule has 1 aromatic carbocycles. The summed E-state index contributed by atoms with van der Waals surface area (Å²) in [4.78, 5) is 0. The third kappa shape index (κ3) is 4.68. The molecule has 1 aliphatic rings. The minimum atomic E-state index is 0.360. The summed E-state index contributed by atoms with van der Waals surface area (Å²) < 4.78 is 10.9. The smallest absolute Gasteiger partial charge is 0.231 e. The number of benzene rings is 1. The summed E-state index contributed by atoms with van der Waals surface area (Å²) in [6.07, 6.45) is 3.69. The molecule has 0 radical (unpaired) electrons. The highest BCUT2D eigenvalue weighted by Crippen LogP contribution is 2.36. The molecule has 0 amide bonds. The Labute approximate surface area is 143 Å². The molecule has 0 aliphatic carbocycles. The zero-order valence-electron chi connectivity index (χ0n) is 15.8. The van der Waals surface area contributed by atoms with Crippen LogP contribution in [0.15, 0.2) is 18.2 Å². The van der Waals surface area contributed by atoms with E-state index >= 15 is 0 Å². The van der Waals surface area contributed by atoms with Crippen molar-refractivity contribution < 1.29 is 9.47 Å². The van der Waals surface area contributed by atoms with Gasteiger partial charge in [-0.1, -0.05) is 83.8 Å². The van der Waals surface area contributed by atoms with E-state index in [1.807, 2.05) is 6.07 Å². The summed E-state index contributed by atoms with van der Waals surface area (Å²) in [6.45, 7) is 15.5. The van der Waals surface area contributed by atoms with Crippen LogP contribution in [0.4, 0.5) is 0 Å². The van der Waals surface area contributed by atoms with E-state index in [-0.39, 0.29) is 0 Å². The summed E-state index contributed by atoms with van der Waals surface area (Å²) in [6, 6.07) is 6.37. The molecular weight excluding hydrogens is 283 g/mol. The molecule has 0 saturated heterocycles. The van der Waals surface area contributed by atoms with Crippen molar-refractivity contribution in [3.63, 3.8) is 0 Å². The summed E-state index contributed by atoms with van der Waals surface area (Å²) >= 11 is 0. The molecule has 2 rings (SSSR count). The summed E-state index contributed by atoms with van der Waals surface area (Å²) in [7, 11) is 0. The molecule has 2 atom stereocenters. The van der Waals surface area contributed by atoms with Crippen molar-refractivity contribution in [2.75, 3.05) is 6.79 Å². The topological polar surface area (TPSA) is 18.5 Å². The molecule has 0 bridgehead atoms.